The van der Waals surface area contributed by atoms with Crippen molar-refractivity contribution in [1.82, 2.24) is 0 Å². The van der Waals surface area contributed by atoms with Crippen molar-refractivity contribution in [2.75, 3.05) is 0 Å². The van der Waals surface area contributed by atoms with Crippen LogP contribution in [0.5, 0.6) is 0 Å². The van der Waals surface area contributed by atoms with Crippen molar-refractivity contribution in [1.29, 1.82) is 0 Å². The van der Waals surface area contributed by atoms with Gasteiger partial charge in [0.05, 0.1) is 6.61 Å². The zero-order chi connectivity index (χ0) is 8.43. The monoisotopic (exact) mass is 154 g/mol. The van der Waals surface area contributed by atoms with Gasteiger partial charge in [0.1, 0.15) is 19.5 Å². The van der Waals surface area contributed by atoms with Gasteiger partial charge in [-0.05, 0) is 12.1 Å². The van der Waals surface area contributed by atoms with Gasteiger partial charge in [-0.25, -0.2) is 8.78 Å². The average molecular weight is 154 g/mol. The average Bonchev–Trinajstić information content (AvgIpc) is 1.99. The zero-order valence-electron chi connectivity index (χ0n) is 5.64. The Kier molecular flexibility index (Phi) is 2.24. The molecule has 1 rings (SSSR count). The largest absolute Gasteiger partial charge is 0.392 e. The second kappa shape index (κ2) is 3.01. The van der Waals surface area contributed by atoms with Crippen molar-refractivity contribution in [2.24, 2.45) is 0 Å². The molecule has 0 atom stereocenters. The smallest absolute Gasteiger partial charge is 0.128 e. The fourth-order valence-electron chi connectivity index (χ4n) is 0.770. The number of aliphatic hydroxyl groups is 1. The molecule has 4 heteroatoms. The quantitative estimate of drug-likeness (QED) is 0.574. The Morgan fingerprint density at radius 3 is 2.27 bits per heavy atom. The summed E-state index contributed by atoms with van der Waals surface area (Å²) in [7, 11) is 5.12. The molecule has 0 spiro atoms. The van der Waals surface area contributed by atoms with Crippen molar-refractivity contribution in [3.63, 3.8) is 0 Å². The summed E-state index contributed by atoms with van der Waals surface area (Å²) >= 11 is 0. The van der Waals surface area contributed by atoms with Crippen molar-refractivity contribution in [3.8, 4) is 0 Å². The third kappa shape index (κ3) is 1.40. The highest BCUT2D eigenvalue weighted by atomic mass is 19.1. The Hall–Kier alpha value is -0.895. The van der Waals surface area contributed by atoms with Crippen LogP contribution in [-0.2, 0) is 6.61 Å². The van der Waals surface area contributed by atoms with Crippen LogP contribution in [0.15, 0.2) is 12.1 Å². The minimum absolute atomic E-state index is 0.190. The van der Waals surface area contributed by atoms with Gasteiger partial charge in [0.25, 0.3) is 0 Å². The van der Waals surface area contributed by atoms with Crippen molar-refractivity contribution < 1.29 is 13.9 Å². The van der Waals surface area contributed by atoms with Crippen LogP contribution in [0.3, 0.4) is 0 Å². The minimum Gasteiger partial charge on any atom is -0.392 e. The second-order valence-corrected chi connectivity index (χ2v) is 2.08. The molecule has 0 saturated heterocycles. The summed E-state index contributed by atoms with van der Waals surface area (Å²) in [6.45, 7) is -0.588. The van der Waals surface area contributed by atoms with Crippen LogP contribution in [0.1, 0.15) is 5.56 Å². The number of aliphatic hydroxyl groups excluding tert-OH is 1. The topological polar surface area (TPSA) is 20.2 Å². The minimum atomic E-state index is -0.713. The highest BCUT2D eigenvalue weighted by Gasteiger charge is 2.07. The Morgan fingerprint density at radius 1 is 1.27 bits per heavy atom. The van der Waals surface area contributed by atoms with Gasteiger partial charge in [-0.1, -0.05) is 5.46 Å². The summed E-state index contributed by atoms with van der Waals surface area (Å²) in [5, 5.41) is 8.54. The molecule has 0 aromatic heterocycles. The lowest BCUT2D eigenvalue weighted by Crippen LogP contribution is -2.17. The van der Waals surface area contributed by atoms with Gasteiger partial charge in [-0.15, -0.1) is 0 Å². The maximum absolute atomic E-state index is 12.6. The van der Waals surface area contributed by atoms with Crippen molar-refractivity contribution >= 4 is 13.3 Å². The molecule has 0 amide bonds. The van der Waals surface area contributed by atoms with E-state index in [1.165, 1.54) is 0 Å². The van der Waals surface area contributed by atoms with E-state index in [1.807, 2.05) is 0 Å². The van der Waals surface area contributed by atoms with E-state index in [9.17, 15) is 8.78 Å². The Bertz CT molecular complexity index is 275. The number of hydrogen-bond acceptors (Lipinski definition) is 1. The van der Waals surface area contributed by atoms with Crippen LogP contribution < -0.4 is 5.46 Å². The van der Waals surface area contributed by atoms with E-state index in [0.717, 1.165) is 12.1 Å². The van der Waals surface area contributed by atoms with Crippen LogP contribution in [0.4, 0.5) is 8.78 Å². The first-order valence-corrected chi connectivity index (χ1v) is 3.00. The molecule has 0 aliphatic carbocycles. The van der Waals surface area contributed by atoms with Crippen molar-refractivity contribution in [2.45, 2.75) is 6.61 Å². The van der Waals surface area contributed by atoms with Gasteiger partial charge >= 0.3 is 0 Å². The van der Waals surface area contributed by atoms with Gasteiger partial charge in [0.15, 0.2) is 0 Å². The highest BCUT2D eigenvalue weighted by Crippen LogP contribution is 2.05. The summed E-state index contributed by atoms with van der Waals surface area (Å²) in [6, 6.07) is 1.85. The van der Waals surface area contributed by atoms with E-state index < -0.39 is 18.2 Å². The van der Waals surface area contributed by atoms with E-state index in [0.29, 0.717) is 0 Å². The molecule has 0 bridgehead atoms. The van der Waals surface area contributed by atoms with Gasteiger partial charge in [-0.2, -0.15) is 0 Å². The number of rotatable bonds is 1. The molecule has 0 aliphatic rings. The lowest BCUT2D eigenvalue weighted by atomic mass is 9.90. The van der Waals surface area contributed by atoms with Gasteiger partial charge in [0.2, 0.25) is 0 Å². The number of hydrogen-bond donors (Lipinski definition) is 1. The predicted molar refractivity (Wildman–Crippen MR) is 37.7 cm³/mol. The third-order valence-corrected chi connectivity index (χ3v) is 1.40. The van der Waals surface area contributed by atoms with Crippen LogP contribution in [0, 0.1) is 11.6 Å². The first-order valence-electron chi connectivity index (χ1n) is 3.00. The Morgan fingerprint density at radius 2 is 1.82 bits per heavy atom. The molecule has 1 nitrogen and oxygen atoms in total. The zero-order valence-corrected chi connectivity index (χ0v) is 5.64. The first-order chi connectivity index (χ1) is 5.16. The van der Waals surface area contributed by atoms with Crippen LogP contribution in [-0.4, -0.2) is 13.0 Å². The lowest BCUT2D eigenvalue weighted by Gasteiger charge is -2.04. The molecular formula is C7H5BF2O. The van der Waals surface area contributed by atoms with Gasteiger partial charge in [-0.3, -0.25) is 0 Å². The predicted octanol–water partition coefficient (Wildman–Crippen LogP) is 0.251. The maximum Gasteiger partial charge on any atom is 0.128 e. The van der Waals surface area contributed by atoms with E-state index in [-0.39, 0.29) is 11.0 Å². The molecule has 2 radical (unpaired) electrons. The summed E-state index contributed by atoms with van der Waals surface area (Å²) in [6.07, 6.45) is 0. The number of benzene rings is 1. The second-order valence-electron chi connectivity index (χ2n) is 2.08. The molecule has 0 saturated carbocycles. The summed E-state index contributed by atoms with van der Waals surface area (Å²) in [5.74, 6) is -1.40. The van der Waals surface area contributed by atoms with Crippen LogP contribution >= 0.6 is 0 Å². The van der Waals surface area contributed by atoms with Crippen molar-refractivity contribution in [3.05, 3.63) is 29.3 Å². The fraction of sp³-hybridized carbons (Fsp3) is 0.143. The highest BCUT2D eigenvalue weighted by molar-refractivity contribution is 6.33. The summed E-state index contributed by atoms with van der Waals surface area (Å²) in [5.41, 5.74) is -0.516. The molecule has 1 N–H and O–H groups in total. The van der Waals surface area contributed by atoms with E-state index in [1.54, 1.807) is 0 Å². The number of halogens is 2. The van der Waals surface area contributed by atoms with Gasteiger partial charge < -0.3 is 5.11 Å². The third-order valence-electron chi connectivity index (χ3n) is 1.40. The van der Waals surface area contributed by atoms with Gasteiger partial charge in [0, 0.05) is 5.56 Å². The molecule has 11 heavy (non-hydrogen) atoms. The van der Waals surface area contributed by atoms with Crippen LogP contribution in [0.2, 0.25) is 0 Å². The van der Waals surface area contributed by atoms with Crippen LogP contribution in [0.25, 0.3) is 0 Å². The molecule has 0 aliphatic heterocycles. The Balaban J connectivity index is 3.29. The SMILES string of the molecule is [B]c1c(F)ccc(F)c1CO. The molecule has 0 heterocycles. The summed E-state index contributed by atoms with van der Waals surface area (Å²) < 4.78 is 25.2. The first kappa shape index (κ1) is 8.20. The standard InChI is InChI=1S/C7H5BF2O/c8-7-4(3-11)5(9)1-2-6(7)10/h1-2,11H,3H2. The molecule has 56 valence electrons. The fourth-order valence-corrected chi connectivity index (χ4v) is 0.770. The lowest BCUT2D eigenvalue weighted by molar-refractivity contribution is 0.276. The maximum atomic E-state index is 12.6. The molecule has 1 aromatic rings. The molecule has 0 fully saturated rings. The molecule has 0 unspecified atom stereocenters. The van der Waals surface area contributed by atoms with E-state index in [4.69, 9.17) is 13.0 Å². The molecular weight excluding hydrogens is 149 g/mol. The van der Waals surface area contributed by atoms with E-state index >= 15 is 0 Å². The summed E-state index contributed by atoms with van der Waals surface area (Å²) in [4.78, 5) is 0. The Labute approximate surface area is 64.1 Å². The molecule has 1 aromatic carbocycles. The van der Waals surface area contributed by atoms with E-state index in [2.05, 4.69) is 0 Å². The normalized spacial score (nSPS) is 10.1.